The minimum Gasteiger partial charge on any atom is -0.578 e. The minimum atomic E-state index is -0.403. The molecule has 1 amide bonds. The van der Waals surface area contributed by atoms with Crippen molar-refractivity contribution in [2.24, 2.45) is 4.99 Å². The summed E-state index contributed by atoms with van der Waals surface area (Å²) in [4.78, 5) is 13.4. The molecule has 0 aromatic heterocycles. The van der Waals surface area contributed by atoms with Crippen LogP contribution >= 0.6 is 0 Å². The Hall–Kier alpha value is -0.900. The van der Waals surface area contributed by atoms with E-state index in [1.165, 1.54) is 32.4 Å². The van der Waals surface area contributed by atoms with Crippen LogP contribution in [0.1, 0.15) is 26.2 Å². The summed E-state index contributed by atoms with van der Waals surface area (Å²) in [5.41, 5.74) is 0. The van der Waals surface area contributed by atoms with Crippen molar-refractivity contribution in [1.82, 2.24) is 0 Å². The second-order valence-electron chi connectivity index (χ2n) is 3.23. The number of piperidine rings is 1. The number of carbonyl (C=O) groups excluding carboxylic acids is 1. The normalized spacial score (nSPS) is 26.2. The maximum Gasteiger partial charge on any atom is 0.127 e. The number of aliphatic imine (C=N–C) groups is 1. The first-order valence-electron chi connectivity index (χ1n) is 4.77. The van der Waals surface area contributed by atoms with Crippen molar-refractivity contribution in [3.63, 3.8) is 0 Å². The van der Waals surface area contributed by atoms with Crippen LogP contribution in [-0.2, 0) is 9.53 Å². The Bertz CT molecular complexity index is 177. The van der Waals surface area contributed by atoms with E-state index in [0.717, 1.165) is 0 Å². The summed E-state index contributed by atoms with van der Waals surface area (Å²) < 4.78 is 4.50. The van der Waals surface area contributed by atoms with Crippen LogP contribution in [0.2, 0.25) is 0 Å². The van der Waals surface area contributed by atoms with Crippen molar-refractivity contribution in [1.29, 1.82) is 0 Å². The van der Waals surface area contributed by atoms with E-state index < -0.39 is 6.10 Å². The molecule has 2 heterocycles. The van der Waals surface area contributed by atoms with Crippen molar-refractivity contribution < 1.29 is 14.8 Å². The van der Waals surface area contributed by atoms with E-state index in [4.69, 9.17) is 0 Å². The fraction of sp³-hybridized carbons (Fsp3) is 0.778. The molecule has 1 fully saturated rings. The molecule has 0 spiro atoms. The van der Waals surface area contributed by atoms with Crippen LogP contribution in [0.4, 0.5) is 0 Å². The number of carbonyl (C=O) groups is 1. The molecule has 1 unspecified atom stereocenters. The molecule has 0 radical (unpaired) electrons. The molecule has 4 nitrogen and oxygen atoms in total. The summed E-state index contributed by atoms with van der Waals surface area (Å²) in [5, 5.41) is 2.39. The molecule has 13 heavy (non-hydrogen) atoms. The molecule has 2 rings (SSSR count). The van der Waals surface area contributed by atoms with E-state index in [0.29, 0.717) is 0 Å². The minimum absolute atomic E-state index is 0.250. The van der Waals surface area contributed by atoms with E-state index in [9.17, 15) is 4.79 Å². The third kappa shape index (κ3) is 4.03. The fourth-order valence-corrected chi connectivity index (χ4v) is 1.19. The molecular formula is C9H16N2O2. The van der Waals surface area contributed by atoms with Gasteiger partial charge in [-0.25, -0.2) is 0 Å². The van der Waals surface area contributed by atoms with Crippen LogP contribution in [0.5, 0.6) is 0 Å². The molecule has 4 heteroatoms. The Morgan fingerprint density at radius 3 is 2.31 bits per heavy atom. The summed E-state index contributed by atoms with van der Waals surface area (Å²) in [5.74, 6) is -0.250. The zero-order valence-electron chi connectivity index (χ0n) is 7.95. The van der Waals surface area contributed by atoms with E-state index in [1.807, 2.05) is 0 Å². The smallest absolute Gasteiger partial charge is 0.127 e. The number of hydrogen-bond donors (Lipinski definition) is 1. The van der Waals surface area contributed by atoms with Gasteiger partial charge in [0.25, 0.3) is 0 Å². The van der Waals surface area contributed by atoms with Crippen molar-refractivity contribution in [3.05, 3.63) is 0 Å². The lowest BCUT2D eigenvalue weighted by molar-refractivity contribution is -0.662. The molecular weight excluding hydrogens is 168 g/mol. The summed E-state index contributed by atoms with van der Waals surface area (Å²) in [6.07, 6.45) is 6.05. The van der Waals surface area contributed by atoms with Gasteiger partial charge in [-0.15, -0.1) is 0 Å². The zero-order chi connectivity index (χ0) is 9.52. The molecule has 0 aliphatic carbocycles. The summed E-state index contributed by atoms with van der Waals surface area (Å²) in [6, 6.07) is 0. The summed E-state index contributed by atoms with van der Waals surface area (Å²) in [6.45, 7) is 4.38. The van der Waals surface area contributed by atoms with Gasteiger partial charge in [-0.05, 0) is 26.2 Å². The largest absolute Gasteiger partial charge is 0.578 e. The van der Waals surface area contributed by atoms with E-state index in [-0.39, 0.29) is 5.91 Å². The van der Waals surface area contributed by atoms with Gasteiger partial charge in [-0.1, -0.05) is 0 Å². The third-order valence-electron chi connectivity index (χ3n) is 2.05. The molecule has 1 saturated heterocycles. The average Bonchev–Trinajstić information content (AvgIpc) is 2.55. The number of quaternary nitrogens is 1. The van der Waals surface area contributed by atoms with Crippen LogP contribution in [0.25, 0.3) is 0 Å². The van der Waals surface area contributed by atoms with E-state index in [2.05, 4.69) is 21.4 Å². The molecule has 74 valence electrons. The predicted octanol–water partition coefficient (Wildman–Crippen LogP) is -0.429. The number of hydrogen-bond acceptors (Lipinski definition) is 2. The van der Waals surface area contributed by atoms with E-state index in [1.54, 1.807) is 6.92 Å². The maximum absolute atomic E-state index is 10.2. The maximum atomic E-state index is 10.2. The lowest BCUT2D eigenvalue weighted by Crippen LogP contribution is -2.85. The molecule has 0 bridgehead atoms. The van der Waals surface area contributed by atoms with Crippen LogP contribution in [0, 0.1) is 0 Å². The van der Waals surface area contributed by atoms with Crippen LogP contribution in [-0.4, -0.2) is 31.5 Å². The molecule has 2 aliphatic heterocycles. The number of ether oxygens (including phenoxy) is 1. The molecule has 2 N–H and O–H groups in total. The molecule has 1 atom stereocenters. The number of nitrogens with two attached hydrogens (primary N) is 1. The molecule has 0 saturated carbocycles. The molecule has 0 aromatic rings. The Balaban J connectivity index is 0.000000132. The van der Waals surface area contributed by atoms with Crippen molar-refractivity contribution >= 4 is 12.3 Å². The first kappa shape index (κ1) is 10.2. The van der Waals surface area contributed by atoms with Crippen LogP contribution in [0.3, 0.4) is 0 Å². The lowest BCUT2D eigenvalue weighted by Gasteiger charge is -2.05. The van der Waals surface area contributed by atoms with Gasteiger partial charge in [0.2, 0.25) is 0 Å². The van der Waals surface area contributed by atoms with Gasteiger partial charge in [0.1, 0.15) is 5.91 Å². The SMILES string of the molecule is C1CC[NH2+]CC1.CC1O[C-]=NC1=O. The van der Waals surface area contributed by atoms with Gasteiger partial charge in [0, 0.05) is 6.40 Å². The Morgan fingerprint density at radius 2 is 2.15 bits per heavy atom. The van der Waals surface area contributed by atoms with Crippen molar-refractivity contribution in [2.45, 2.75) is 32.3 Å². The van der Waals surface area contributed by atoms with Crippen LogP contribution in [0.15, 0.2) is 4.99 Å². The second-order valence-corrected chi connectivity index (χ2v) is 3.23. The van der Waals surface area contributed by atoms with Gasteiger partial charge in [0.15, 0.2) is 0 Å². The van der Waals surface area contributed by atoms with Crippen LogP contribution < -0.4 is 5.32 Å². The predicted molar refractivity (Wildman–Crippen MR) is 48.5 cm³/mol. The topological polar surface area (TPSA) is 55.3 Å². The monoisotopic (exact) mass is 184 g/mol. The van der Waals surface area contributed by atoms with Crippen molar-refractivity contribution in [3.8, 4) is 0 Å². The lowest BCUT2D eigenvalue weighted by atomic mass is 10.2. The summed E-state index contributed by atoms with van der Waals surface area (Å²) in [7, 11) is 0. The van der Waals surface area contributed by atoms with Gasteiger partial charge in [0.05, 0.1) is 19.2 Å². The average molecular weight is 184 g/mol. The number of amides is 1. The zero-order valence-corrected chi connectivity index (χ0v) is 7.95. The number of rotatable bonds is 0. The van der Waals surface area contributed by atoms with Gasteiger partial charge in [-0.2, -0.15) is 0 Å². The van der Waals surface area contributed by atoms with Gasteiger partial charge >= 0.3 is 0 Å². The second kappa shape index (κ2) is 5.70. The van der Waals surface area contributed by atoms with E-state index >= 15 is 0 Å². The highest BCUT2D eigenvalue weighted by Gasteiger charge is 2.03. The molecule has 2 aliphatic rings. The standard InChI is InChI=1S/C5H11N.C4H4NO2/c1-2-4-6-5-3-1;1-3-4(6)5-2-7-3/h6H,1-5H2;3H,1H3/q;-1/p+1. The quantitative estimate of drug-likeness (QED) is 0.519. The Kier molecular flexibility index (Phi) is 4.46. The van der Waals surface area contributed by atoms with Gasteiger partial charge in [-0.3, -0.25) is 0 Å². The first-order chi connectivity index (χ1) is 6.30. The third-order valence-corrected chi connectivity index (χ3v) is 2.05. The highest BCUT2D eigenvalue weighted by molar-refractivity contribution is 5.91. The van der Waals surface area contributed by atoms with Crippen molar-refractivity contribution in [2.75, 3.05) is 13.1 Å². The Labute approximate surface area is 78.4 Å². The number of nitrogens with zero attached hydrogens (tertiary/aromatic N) is 1. The van der Waals surface area contributed by atoms with Gasteiger partial charge < -0.3 is 19.8 Å². The Morgan fingerprint density at radius 1 is 1.46 bits per heavy atom. The summed E-state index contributed by atoms with van der Waals surface area (Å²) >= 11 is 0. The highest BCUT2D eigenvalue weighted by atomic mass is 16.5. The fourth-order valence-electron chi connectivity index (χ4n) is 1.19. The molecule has 0 aromatic carbocycles. The highest BCUT2D eigenvalue weighted by Crippen LogP contribution is 1.97. The first-order valence-corrected chi connectivity index (χ1v) is 4.77.